The highest BCUT2D eigenvalue weighted by Gasteiger charge is 2.29. The summed E-state index contributed by atoms with van der Waals surface area (Å²) in [7, 11) is 0. The number of imidazole rings is 1. The zero-order valence-corrected chi connectivity index (χ0v) is 14.4. The number of carbonyl (C=O) groups is 1. The van der Waals surface area contributed by atoms with Crippen molar-refractivity contribution in [2.45, 2.75) is 38.6 Å². The van der Waals surface area contributed by atoms with Crippen molar-refractivity contribution in [2.75, 3.05) is 6.54 Å². The molecule has 0 saturated carbocycles. The van der Waals surface area contributed by atoms with E-state index in [-0.39, 0.29) is 11.9 Å². The fourth-order valence-corrected chi connectivity index (χ4v) is 3.70. The predicted molar refractivity (Wildman–Crippen MR) is 96.2 cm³/mol. The van der Waals surface area contributed by atoms with E-state index in [1.54, 1.807) is 6.20 Å². The van der Waals surface area contributed by atoms with Crippen LogP contribution in [0.4, 0.5) is 0 Å². The van der Waals surface area contributed by atoms with Crippen molar-refractivity contribution in [3.63, 3.8) is 0 Å². The Morgan fingerprint density at radius 2 is 2.12 bits per heavy atom. The minimum Gasteiger partial charge on any atom is -0.334 e. The number of hydrogen-bond donors (Lipinski definition) is 0. The van der Waals surface area contributed by atoms with Gasteiger partial charge in [0.15, 0.2) is 0 Å². The Kier molecular flexibility index (Phi) is 4.22. The fourth-order valence-electron chi connectivity index (χ4n) is 3.70. The SMILES string of the molecule is Cc1cccn2c(CC(=O)N3CCCC[C@@H]3c3ccccn3)cnc12. The molecule has 0 bridgehead atoms. The molecule has 0 unspecified atom stereocenters. The van der Waals surface area contributed by atoms with Gasteiger partial charge in [-0.25, -0.2) is 4.98 Å². The number of hydrogen-bond acceptors (Lipinski definition) is 3. The van der Waals surface area contributed by atoms with E-state index in [0.717, 1.165) is 48.4 Å². The molecule has 128 valence electrons. The van der Waals surface area contributed by atoms with Crippen LogP contribution in [0.1, 0.15) is 42.3 Å². The van der Waals surface area contributed by atoms with Gasteiger partial charge in [0.25, 0.3) is 0 Å². The summed E-state index contributed by atoms with van der Waals surface area (Å²) in [4.78, 5) is 24.0. The molecule has 5 heteroatoms. The van der Waals surface area contributed by atoms with Crippen LogP contribution in [0.5, 0.6) is 0 Å². The first-order valence-electron chi connectivity index (χ1n) is 8.86. The van der Waals surface area contributed by atoms with Crippen LogP contribution in [0.2, 0.25) is 0 Å². The minimum absolute atomic E-state index is 0.0865. The van der Waals surface area contributed by atoms with Gasteiger partial charge in [0, 0.05) is 25.1 Å². The lowest BCUT2D eigenvalue weighted by Crippen LogP contribution is -2.39. The highest BCUT2D eigenvalue weighted by atomic mass is 16.2. The van der Waals surface area contributed by atoms with Gasteiger partial charge in [0.2, 0.25) is 5.91 Å². The monoisotopic (exact) mass is 334 g/mol. The quantitative estimate of drug-likeness (QED) is 0.738. The van der Waals surface area contributed by atoms with Crippen molar-refractivity contribution >= 4 is 11.6 Å². The number of amides is 1. The van der Waals surface area contributed by atoms with Gasteiger partial charge in [-0.1, -0.05) is 12.1 Å². The van der Waals surface area contributed by atoms with E-state index in [4.69, 9.17) is 0 Å². The maximum Gasteiger partial charge on any atom is 0.229 e. The van der Waals surface area contributed by atoms with Gasteiger partial charge in [-0.05, 0) is 49.9 Å². The van der Waals surface area contributed by atoms with Gasteiger partial charge < -0.3 is 9.30 Å². The summed E-state index contributed by atoms with van der Waals surface area (Å²) in [6.07, 6.45) is 9.15. The van der Waals surface area contributed by atoms with Crippen molar-refractivity contribution in [1.29, 1.82) is 0 Å². The summed E-state index contributed by atoms with van der Waals surface area (Å²) in [6, 6.07) is 10.0. The Labute approximate surface area is 147 Å². The van der Waals surface area contributed by atoms with Gasteiger partial charge in [-0.15, -0.1) is 0 Å². The first kappa shape index (κ1) is 15.8. The van der Waals surface area contributed by atoms with E-state index in [1.807, 2.05) is 58.9 Å². The number of pyridine rings is 2. The van der Waals surface area contributed by atoms with Crippen LogP contribution < -0.4 is 0 Å². The molecule has 3 aromatic rings. The topological polar surface area (TPSA) is 50.5 Å². The van der Waals surface area contributed by atoms with E-state index in [9.17, 15) is 4.79 Å². The Hall–Kier alpha value is -2.69. The van der Waals surface area contributed by atoms with Crippen molar-refractivity contribution in [3.05, 3.63) is 65.9 Å². The summed E-state index contributed by atoms with van der Waals surface area (Å²) in [5, 5.41) is 0. The van der Waals surface area contributed by atoms with Crippen molar-refractivity contribution < 1.29 is 4.79 Å². The number of aromatic nitrogens is 3. The Bertz CT molecular complexity index is 887. The minimum atomic E-state index is 0.0865. The average molecular weight is 334 g/mol. The van der Waals surface area contributed by atoms with Crippen LogP contribution in [0.25, 0.3) is 5.65 Å². The van der Waals surface area contributed by atoms with Gasteiger partial charge in [-0.3, -0.25) is 9.78 Å². The zero-order chi connectivity index (χ0) is 17.2. The molecule has 5 nitrogen and oxygen atoms in total. The lowest BCUT2D eigenvalue weighted by atomic mass is 9.98. The van der Waals surface area contributed by atoms with E-state index in [2.05, 4.69) is 9.97 Å². The second kappa shape index (κ2) is 6.67. The lowest BCUT2D eigenvalue weighted by molar-refractivity contribution is -0.134. The number of fused-ring (bicyclic) bond motifs is 1. The molecule has 0 radical (unpaired) electrons. The first-order valence-corrected chi connectivity index (χ1v) is 8.86. The fraction of sp³-hybridized carbons (Fsp3) is 0.350. The molecular weight excluding hydrogens is 312 g/mol. The van der Waals surface area contributed by atoms with Crippen LogP contribution in [0, 0.1) is 6.92 Å². The summed E-state index contributed by atoms with van der Waals surface area (Å²) in [5.41, 5.74) is 3.97. The van der Waals surface area contributed by atoms with E-state index >= 15 is 0 Å². The normalized spacial score (nSPS) is 17.8. The Morgan fingerprint density at radius 3 is 2.96 bits per heavy atom. The molecule has 3 aromatic heterocycles. The molecule has 1 aliphatic rings. The van der Waals surface area contributed by atoms with Gasteiger partial charge >= 0.3 is 0 Å². The second-order valence-corrected chi connectivity index (χ2v) is 6.66. The van der Waals surface area contributed by atoms with E-state index < -0.39 is 0 Å². The van der Waals surface area contributed by atoms with Crippen LogP contribution in [-0.2, 0) is 11.2 Å². The largest absolute Gasteiger partial charge is 0.334 e. The van der Waals surface area contributed by atoms with Crippen molar-refractivity contribution in [3.8, 4) is 0 Å². The van der Waals surface area contributed by atoms with Crippen LogP contribution >= 0.6 is 0 Å². The molecule has 1 saturated heterocycles. The highest BCUT2D eigenvalue weighted by Crippen LogP contribution is 2.30. The third kappa shape index (κ3) is 3.02. The molecule has 0 spiro atoms. The Morgan fingerprint density at radius 1 is 1.20 bits per heavy atom. The number of piperidine rings is 1. The molecular formula is C20H22N4O. The molecule has 4 rings (SSSR count). The van der Waals surface area contributed by atoms with Gasteiger partial charge in [0.05, 0.1) is 23.9 Å². The van der Waals surface area contributed by atoms with Crippen LogP contribution in [-0.4, -0.2) is 31.7 Å². The number of carbonyl (C=O) groups excluding carboxylic acids is 1. The molecule has 25 heavy (non-hydrogen) atoms. The Balaban J connectivity index is 1.59. The van der Waals surface area contributed by atoms with Crippen LogP contribution in [0.15, 0.2) is 48.9 Å². The number of nitrogens with zero attached hydrogens (tertiary/aromatic N) is 4. The summed E-state index contributed by atoms with van der Waals surface area (Å²) < 4.78 is 2.02. The zero-order valence-electron chi connectivity index (χ0n) is 14.4. The van der Waals surface area contributed by atoms with Gasteiger partial charge in [-0.2, -0.15) is 0 Å². The maximum absolute atomic E-state index is 13.0. The van der Waals surface area contributed by atoms with Crippen LogP contribution in [0.3, 0.4) is 0 Å². The standard InChI is InChI=1S/C20H22N4O/c1-15-7-6-12-23-16(14-22-20(15)23)13-19(25)24-11-5-3-9-18(24)17-8-2-4-10-21-17/h2,4,6-8,10,12,14,18H,3,5,9,11,13H2,1H3/t18-/m1/s1. The number of likely N-dealkylation sites (tertiary alicyclic amines) is 1. The molecule has 0 N–H and O–H groups in total. The molecule has 4 heterocycles. The lowest BCUT2D eigenvalue weighted by Gasteiger charge is -2.35. The highest BCUT2D eigenvalue weighted by molar-refractivity contribution is 5.79. The van der Waals surface area contributed by atoms with Crippen molar-refractivity contribution in [1.82, 2.24) is 19.3 Å². The molecule has 0 aromatic carbocycles. The molecule has 0 aliphatic carbocycles. The first-order chi connectivity index (χ1) is 12.2. The molecule has 1 amide bonds. The van der Waals surface area contributed by atoms with Gasteiger partial charge in [0.1, 0.15) is 5.65 Å². The smallest absolute Gasteiger partial charge is 0.229 e. The third-order valence-electron chi connectivity index (χ3n) is 4.99. The average Bonchev–Trinajstić information content (AvgIpc) is 3.07. The van der Waals surface area contributed by atoms with E-state index in [0.29, 0.717) is 6.42 Å². The maximum atomic E-state index is 13.0. The third-order valence-corrected chi connectivity index (χ3v) is 4.99. The number of rotatable bonds is 3. The molecule has 1 fully saturated rings. The predicted octanol–water partition coefficient (Wildman–Crippen LogP) is 3.33. The van der Waals surface area contributed by atoms with Crippen molar-refractivity contribution in [2.24, 2.45) is 0 Å². The second-order valence-electron chi connectivity index (χ2n) is 6.66. The summed E-state index contributed by atoms with van der Waals surface area (Å²) in [5.74, 6) is 0.152. The van der Waals surface area contributed by atoms with E-state index in [1.165, 1.54) is 0 Å². The molecule has 1 aliphatic heterocycles. The number of aryl methyl sites for hydroxylation is 1. The summed E-state index contributed by atoms with van der Waals surface area (Å²) >= 11 is 0. The molecule has 1 atom stereocenters. The summed E-state index contributed by atoms with van der Waals surface area (Å²) in [6.45, 7) is 2.84.